The molecule has 0 heterocycles. The topological polar surface area (TPSA) is 72.2 Å². The first-order valence-electron chi connectivity index (χ1n) is 8.28. The molecular formula is C19H16F6N2O2. The molecule has 29 heavy (non-hydrogen) atoms. The number of carbonyl (C=O) groups excluding carboxylic acids is 2. The van der Waals surface area contributed by atoms with E-state index in [4.69, 9.17) is 5.73 Å². The van der Waals surface area contributed by atoms with Crippen LogP contribution in [0, 0.1) is 0 Å². The predicted octanol–water partition coefficient (Wildman–Crippen LogP) is 3.48. The fourth-order valence-corrected chi connectivity index (χ4v) is 2.71. The van der Waals surface area contributed by atoms with Gasteiger partial charge in [-0.15, -0.1) is 0 Å². The van der Waals surface area contributed by atoms with Gasteiger partial charge in [0.25, 0.3) is 0 Å². The van der Waals surface area contributed by atoms with Gasteiger partial charge in [0.1, 0.15) is 6.04 Å². The summed E-state index contributed by atoms with van der Waals surface area (Å²) in [6, 6.07) is 7.06. The first-order chi connectivity index (χ1) is 13.4. The van der Waals surface area contributed by atoms with Crippen LogP contribution in [0.15, 0.2) is 48.5 Å². The lowest BCUT2D eigenvalue weighted by molar-refractivity contribution is -0.139. The zero-order valence-electron chi connectivity index (χ0n) is 14.8. The summed E-state index contributed by atoms with van der Waals surface area (Å²) in [6.07, 6.45) is -10.3. The van der Waals surface area contributed by atoms with E-state index in [2.05, 4.69) is 5.32 Å². The zero-order chi connectivity index (χ0) is 21.8. The van der Waals surface area contributed by atoms with Crippen molar-refractivity contribution in [3.63, 3.8) is 0 Å². The van der Waals surface area contributed by atoms with Crippen LogP contribution in [-0.4, -0.2) is 17.9 Å². The van der Waals surface area contributed by atoms with Crippen LogP contribution in [0.4, 0.5) is 26.3 Å². The first-order valence-corrected chi connectivity index (χ1v) is 8.28. The summed E-state index contributed by atoms with van der Waals surface area (Å²) >= 11 is 0. The van der Waals surface area contributed by atoms with E-state index in [0.29, 0.717) is 0 Å². The number of halogens is 6. The fraction of sp³-hybridized carbons (Fsp3) is 0.263. The zero-order valence-corrected chi connectivity index (χ0v) is 14.8. The maximum absolute atomic E-state index is 13.1. The highest BCUT2D eigenvalue weighted by atomic mass is 19.4. The van der Waals surface area contributed by atoms with E-state index in [1.165, 1.54) is 18.2 Å². The summed E-state index contributed by atoms with van der Waals surface area (Å²) < 4.78 is 77.5. The van der Waals surface area contributed by atoms with Crippen molar-refractivity contribution in [1.29, 1.82) is 0 Å². The highest BCUT2D eigenvalue weighted by Crippen LogP contribution is 2.32. The minimum atomic E-state index is -4.67. The molecule has 2 rings (SSSR count). The number of primary amides is 1. The molecule has 0 fully saturated rings. The summed E-state index contributed by atoms with van der Waals surface area (Å²) in [5, 5.41) is 2.19. The van der Waals surface area contributed by atoms with Gasteiger partial charge in [-0.3, -0.25) is 9.59 Å². The molecule has 4 nitrogen and oxygen atoms in total. The van der Waals surface area contributed by atoms with Gasteiger partial charge in [0.2, 0.25) is 11.8 Å². The molecule has 2 aromatic carbocycles. The van der Waals surface area contributed by atoms with E-state index in [0.717, 1.165) is 30.3 Å². The predicted molar refractivity (Wildman–Crippen MR) is 91.4 cm³/mol. The third-order valence-corrected chi connectivity index (χ3v) is 4.04. The van der Waals surface area contributed by atoms with Gasteiger partial charge in [0.15, 0.2) is 0 Å². The van der Waals surface area contributed by atoms with Crippen molar-refractivity contribution in [2.24, 2.45) is 5.73 Å². The summed E-state index contributed by atoms with van der Waals surface area (Å²) in [5.74, 6) is -1.92. The molecule has 0 saturated heterocycles. The second-order valence-corrected chi connectivity index (χ2v) is 6.26. The Labute approximate surface area is 161 Å². The largest absolute Gasteiger partial charge is 0.416 e. The Bertz CT molecular complexity index is 893. The van der Waals surface area contributed by atoms with Gasteiger partial charge < -0.3 is 11.1 Å². The normalized spacial score (nSPS) is 13.0. The van der Waals surface area contributed by atoms with E-state index in [1.54, 1.807) is 0 Å². The van der Waals surface area contributed by atoms with Crippen molar-refractivity contribution in [2.45, 2.75) is 31.2 Å². The molecule has 10 heteroatoms. The number of rotatable bonds is 6. The molecule has 0 aliphatic heterocycles. The fourth-order valence-electron chi connectivity index (χ4n) is 2.71. The van der Waals surface area contributed by atoms with Gasteiger partial charge in [-0.1, -0.05) is 36.4 Å². The first kappa shape index (κ1) is 22.3. The Morgan fingerprint density at radius 2 is 1.59 bits per heavy atom. The SMILES string of the molecule is NC(=O)[C@H](Cc1ccccc1C(F)(F)F)NC(=O)Cc1cccc(C(F)(F)F)c1. The molecule has 3 N–H and O–H groups in total. The molecule has 0 saturated carbocycles. The smallest absolute Gasteiger partial charge is 0.368 e. The monoisotopic (exact) mass is 418 g/mol. The van der Waals surface area contributed by atoms with Crippen LogP contribution in [0.25, 0.3) is 0 Å². The lowest BCUT2D eigenvalue weighted by Crippen LogP contribution is -2.46. The highest BCUT2D eigenvalue weighted by molar-refractivity contribution is 5.87. The second kappa shape index (κ2) is 8.54. The maximum Gasteiger partial charge on any atom is 0.416 e. The summed E-state index contributed by atoms with van der Waals surface area (Å²) in [6.45, 7) is 0. The molecule has 0 spiro atoms. The average molecular weight is 418 g/mol. The molecule has 2 aromatic rings. The van der Waals surface area contributed by atoms with Gasteiger partial charge in [-0.2, -0.15) is 26.3 Å². The van der Waals surface area contributed by atoms with Gasteiger partial charge in [0.05, 0.1) is 17.5 Å². The Morgan fingerprint density at radius 3 is 2.17 bits per heavy atom. The van der Waals surface area contributed by atoms with Crippen LogP contribution in [0.3, 0.4) is 0 Å². The molecule has 0 aliphatic carbocycles. The molecule has 2 amide bonds. The van der Waals surface area contributed by atoms with Gasteiger partial charge in [-0.05, 0) is 23.3 Å². The van der Waals surface area contributed by atoms with Crippen LogP contribution in [0.2, 0.25) is 0 Å². The van der Waals surface area contributed by atoms with E-state index >= 15 is 0 Å². The van der Waals surface area contributed by atoms with Gasteiger partial charge in [-0.25, -0.2) is 0 Å². The van der Waals surface area contributed by atoms with Crippen molar-refractivity contribution in [3.8, 4) is 0 Å². The second-order valence-electron chi connectivity index (χ2n) is 6.26. The number of nitrogens with one attached hydrogen (secondary N) is 1. The van der Waals surface area contributed by atoms with Crippen LogP contribution >= 0.6 is 0 Å². The van der Waals surface area contributed by atoms with Crippen molar-refractivity contribution < 1.29 is 35.9 Å². The Hall–Kier alpha value is -3.04. The Balaban J connectivity index is 2.14. The standard InChI is InChI=1S/C19H16F6N2O2/c20-18(21,22)13-6-3-4-11(8-13)9-16(28)27-15(17(26)29)10-12-5-1-2-7-14(12)19(23,24)25/h1-8,15H,9-10H2,(H2,26,29)(H,27,28)/t15-/m0/s1. The molecule has 156 valence electrons. The van der Waals surface area contributed by atoms with Crippen molar-refractivity contribution >= 4 is 11.8 Å². The number of hydrogen-bond acceptors (Lipinski definition) is 2. The molecule has 0 unspecified atom stereocenters. The van der Waals surface area contributed by atoms with Crippen molar-refractivity contribution in [1.82, 2.24) is 5.32 Å². The lowest BCUT2D eigenvalue weighted by atomic mass is 9.99. The summed E-state index contributed by atoms with van der Waals surface area (Å²) in [7, 11) is 0. The molecule has 1 atom stereocenters. The molecular weight excluding hydrogens is 402 g/mol. The van der Waals surface area contributed by atoms with Crippen molar-refractivity contribution in [2.75, 3.05) is 0 Å². The highest BCUT2D eigenvalue weighted by Gasteiger charge is 2.34. The van der Waals surface area contributed by atoms with Crippen LogP contribution in [0.1, 0.15) is 22.3 Å². The number of hydrogen-bond donors (Lipinski definition) is 2. The number of alkyl halides is 6. The van der Waals surface area contributed by atoms with E-state index in [1.807, 2.05) is 0 Å². The molecule has 0 bridgehead atoms. The average Bonchev–Trinajstić information content (AvgIpc) is 2.60. The number of nitrogens with two attached hydrogens (primary N) is 1. The molecule has 0 aliphatic rings. The van der Waals surface area contributed by atoms with Gasteiger partial charge in [0, 0.05) is 6.42 Å². The Morgan fingerprint density at radius 1 is 0.931 bits per heavy atom. The number of benzene rings is 2. The van der Waals surface area contributed by atoms with Crippen LogP contribution in [-0.2, 0) is 34.8 Å². The third-order valence-electron chi connectivity index (χ3n) is 4.04. The third kappa shape index (κ3) is 6.23. The van der Waals surface area contributed by atoms with Crippen LogP contribution < -0.4 is 11.1 Å². The van der Waals surface area contributed by atoms with Crippen LogP contribution in [0.5, 0.6) is 0 Å². The lowest BCUT2D eigenvalue weighted by Gasteiger charge is -2.19. The minimum absolute atomic E-state index is 0.0243. The molecule has 0 radical (unpaired) electrons. The molecule has 0 aromatic heterocycles. The minimum Gasteiger partial charge on any atom is -0.368 e. The van der Waals surface area contributed by atoms with Gasteiger partial charge >= 0.3 is 12.4 Å². The van der Waals surface area contributed by atoms with Crippen molar-refractivity contribution in [3.05, 3.63) is 70.8 Å². The number of carbonyl (C=O) groups is 2. The summed E-state index contributed by atoms with van der Waals surface area (Å²) in [4.78, 5) is 23.8. The van der Waals surface area contributed by atoms with E-state index < -0.39 is 54.2 Å². The van der Waals surface area contributed by atoms with E-state index in [9.17, 15) is 35.9 Å². The summed E-state index contributed by atoms with van der Waals surface area (Å²) in [5.41, 5.74) is 3.04. The van der Waals surface area contributed by atoms with E-state index in [-0.39, 0.29) is 11.1 Å². The quantitative estimate of drug-likeness (QED) is 0.706. The maximum atomic E-state index is 13.1. The number of amides is 2. The Kier molecular flexibility index (Phi) is 6.55.